The van der Waals surface area contributed by atoms with Gasteiger partial charge in [-0.1, -0.05) is 224 Å². The molecular weight excluding hydrogens is 749 g/mol. The molecule has 2 nitrogen and oxygen atoms in total. The summed E-state index contributed by atoms with van der Waals surface area (Å²) in [5, 5.41) is 0. The first-order valence-corrected chi connectivity index (χ1v) is 21.4. The van der Waals surface area contributed by atoms with Crippen molar-refractivity contribution in [2.24, 2.45) is 0 Å². The smallest absolute Gasteiger partial charge is 0.160 e. The van der Waals surface area contributed by atoms with Crippen LogP contribution in [0.3, 0.4) is 0 Å². The van der Waals surface area contributed by atoms with E-state index in [0.29, 0.717) is 5.82 Å². The molecule has 0 saturated heterocycles. The van der Waals surface area contributed by atoms with Crippen LogP contribution in [0.25, 0.3) is 56.2 Å². The fourth-order valence-electron chi connectivity index (χ4n) is 10.7. The van der Waals surface area contributed by atoms with Crippen LogP contribution in [0.15, 0.2) is 243 Å². The Bertz CT molecular complexity index is 3010. The van der Waals surface area contributed by atoms with Gasteiger partial charge in [0.05, 0.1) is 22.2 Å². The zero-order chi connectivity index (χ0) is 41.1. The highest BCUT2D eigenvalue weighted by molar-refractivity contribution is 5.88. The van der Waals surface area contributed by atoms with Gasteiger partial charge in [-0.3, -0.25) is 0 Å². The van der Waals surface area contributed by atoms with E-state index in [2.05, 4.69) is 243 Å². The molecule has 0 aliphatic heterocycles. The second-order valence-electron chi connectivity index (χ2n) is 16.4. The molecule has 1 heterocycles. The van der Waals surface area contributed by atoms with Crippen LogP contribution < -0.4 is 0 Å². The molecule has 290 valence electrons. The van der Waals surface area contributed by atoms with Gasteiger partial charge in [0.15, 0.2) is 5.82 Å². The fourth-order valence-corrected chi connectivity index (χ4v) is 10.7. The first kappa shape index (κ1) is 36.0. The van der Waals surface area contributed by atoms with E-state index in [-0.39, 0.29) is 0 Å². The van der Waals surface area contributed by atoms with Crippen LogP contribution in [-0.4, -0.2) is 9.97 Å². The van der Waals surface area contributed by atoms with E-state index in [1.165, 1.54) is 66.8 Å². The average molecular weight is 789 g/mol. The largest absolute Gasteiger partial charge is 0.228 e. The summed E-state index contributed by atoms with van der Waals surface area (Å²) in [7, 11) is 0. The summed E-state index contributed by atoms with van der Waals surface area (Å²) in [5.74, 6) is 0.686. The Balaban J connectivity index is 1.07. The monoisotopic (exact) mass is 788 g/mol. The Morgan fingerprint density at radius 2 is 0.565 bits per heavy atom. The van der Waals surface area contributed by atoms with Gasteiger partial charge in [0.1, 0.15) is 0 Å². The summed E-state index contributed by atoms with van der Waals surface area (Å²) >= 11 is 0. The molecule has 1 aromatic heterocycles. The summed E-state index contributed by atoms with van der Waals surface area (Å²) in [6, 6.07) is 88.1. The second kappa shape index (κ2) is 14.4. The number of benzene rings is 9. The highest BCUT2D eigenvalue weighted by Crippen LogP contribution is 2.58. The van der Waals surface area contributed by atoms with Crippen molar-refractivity contribution in [3.8, 4) is 56.2 Å². The predicted molar refractivity (Wildman–Crippen MR) is 253 cm³/mol. The van der Waals surface area contributed by atoms with Crippen molar-refractivity contribution in [1.82, 2.24) is 9.97 Å². The Morgan fingerprint density at radius 3 is 1.02 bits per heavy atom. The molecule has 12 rings (SSSR count). The number of nitrogens with zero attached hydrogens (tertiary/aromatic N) is 2. The average Bonchev–Trinajstić information content (AvgIpc) is 3.84. The summed E-state index contributed by atoms with van der Waals surface area (Å²) in [6.07, 6.45) is 0. The second-order valence-corrected chi connectivity index (χ2v) is 16.4. The van der Waals surface area contributed by atoms with Gasteiger partial charge in [0.2, 0.25) is 0 Å². The van der Waals surface area contributed by atoms with Gasteiger partial charge in [0, 0.05) is 16.7 Å². The molecular formula is C60H40N2. The summed E-state index contributed by atoms with van der Waals surface area (Å²) in [5.41, 5.74) is 18.8. The van der Waals surface area contributed by atoms with Crippen LogP contribution in [0.4, 0.5) is 0 Å². The minimum absolute atomic E-state index is 0.517. The molecule has 0 radical (unpaired) electrons. The SMILES string of the molecule is c1ccc(-c2cc(-c3cccc(C4(c5ccccc5)c5ccccc5-c5ccccc54)c3)nc(-c3cccc(C4(c5ccccc5)c5ccccc5-c5ccccc54)c3)n2)cc1. The van der Waals surface area contributed by atoms with Crippen LogP contribution in [0, 0.1) is 0 Å². The number of rotatable bonds is 7. The van der Waals surface area contributed by atoms with Crippen molar-refractivity contribution in [3.63, 3.8) is 0 Å². The van der Waals surface area contributed by atoms with Crippen LogP contribution in [-0.2, 0) is 10.8 Å². The molecule has 9 aromatic carbocycles. The van der Waals surface area contributed by atoms with Gasteiger partial charge < -0.3 is 0 Å². The topological polar surface area (TPSA) is 25.8 Å². The predicted octanol–water partition coefficient (Wildman–Crippen LogP) is 14.2. The van der Waals surface area contributed by atoms with Crippen molar-refractivity contribution in [3.05, 3.63) is 287 Å². The third-order valence-corrected chi connectivity index (χ3v) is 13.3. The van der Waals surface area contributed by atoms with Gasteiger partial charge in [-0.25, -0.2) is 9.97 Å². The van der Waals surface area contributed by atoms with E-state index in [4.69, 9.17) is 9.97 Å². The number of hydrogen-bond acceptors (Lipinski definition) is 2. The quantitative estimate of drug-likeness (QED) is 0.161. The Hall–Kier alpha value is -7.94. The van der Waals surface area contributed by atoms with E-state index >= 15 is 0 Å². The maximum atomic E-state index is 5.49. The first-order chi connectivity index (χ1) is 30.7. The maximum absolute atomic E-state index is 5.49. The zero-order valence-corrected chi connectivity index (χ0v) is 34.0. The molecule has 0 saturated carbocycles. The third-order valence-electron chi connectivity index (χ3n) is 13.3. The first-order valence-electron chi connectivity index (χ1n) is 21.4. The summed E-state index contributed by atoms with van der Waals surface area (Å²) in [4.78, 5) is 10.9. The van der Waals surface area contributed by atoms with Crippen molar-refractivity contribution in [2.45, 2.75) is 10.8 Å². The van der Waals surface area contributed by atoms with Crippen molar-refractivity contribution >= 4 is 0 Å². The normalized spacial score (nSPS) is 13.7. The third kappa shape index (κ3) is 5.30. The lowest BCUT2D eigenvalue weighted by Crippen LogP contribution is -2.28. The molecule has 0 N–H and O–H groups in total. The van der Waals surface area contributed by atoms with Crippen molar-refractivity contribution < 1.29 is 0 Å². The highest BCUT2D eigenvalue weighted by Gasteiger charge is 2.47. The minimum Gasteiger partial charge on any atom is -0.228 e. The molecule has 0 atom stereocenters. The van der Waals surface area contributed by atoms with E-state index < -0.39 is 10.8 Å². The molecule has 10 aromatic rings. The Morgan fingerprint density at radius 1 is 0.242 bits per heavy atom. The molecule has 62 heavy (non-hydrogen) atoms. The number of hydrogen-bond donors (Lipinski definition) is 0. The van der Waals surface area contributed by atoms with Gasteiger partial charge >= 0.3 is 0 Å². The molecule has 0 bridgehead atoms. The van der Waals surface area contributed by atoms with Crippen molar-refractivity contribution in [1.29, 1.82) is 0 Å². The summed E-state index contributed by atoms with van der Waals surface area (Å²) < 4.78 is 0. The summed E-state index contributed by atoms with van der Waals surface area (Å²) in [6.45, 7) is 0. The molecule has 0 amide bonds. The van der Waals surface area contributed by atoms with Crippen LogP contribution in [0.5, 0.6) is 0 Å². The minimum atomic E-state index is -0.529. The molecule has 2 aliphatic rings. The van der Waals surface area contributed by atoms with Gasteiger partial charge in [-0.05, 0) is 85.0 Å². The lowest BCUT2D eigenvalue weighted by atomic mass is 9.67. The molecule has 2 heteroatoms. The molecule has 0 unspecified atom stereocenters. The lowest BCUT2D eigenvalue weighted by Gasteiger charge is -2.34. The van der Waals surface area contributed by atoms with E-state index in [0.717, 1.165) is 28.1 Å². The number of aromatic nitrogens is 2. The Labute approximate surface area is 362 Å². The lowest BCUT2D eigenvalue weighted by molar-refractivity contribution is 0.768. The molecule has 0 fully saturated rings. The molecule has 0 spiro atoms. The standard InChI is InChI=1S/C60H40N2/c1-4-20-41(21-5-1)56-40-57(42-22-18-28-46(38-42)59(44-24-6-2-7-25-44)52-34-14-10-30-48(52)49-31-11-15-35-53(49)59)62-58(61-56)43-23-19-29-47(39-43)60(45-26-8-3-9-27-45)54-36-16-12-32-50(54)51-33-13-17-37-55(51)60/h1-40H. The van der Waals surface area contributed by atoms with Gasteiger partial charge in [-0.15, -0.1) is 0 Å². The van der Waals surface area contributed by atoms with E-state index in [1.54, 1.807) is 0 Å². The van der Waals surface area contributed by atoms with Crippen molar-refractivity contribution in [2.75, 3.05) is 0 Å². The number of fused-ring (bicyclic) bond motifs is 6. The van der Waals surface area contributed by atoms with Gasteiger partial charge in [0.25, 0.3) is 0 Å². The Kier molecular flexibility index (Phi) is 8.33. The van der Waals surface area contributed by atoms with E-state index in [1.807, 2.05) is 0 Å². The van der Waals surface area contributed by atoms with Crippen LogP contribution >= 0.6 is 0 Å². The van der Waals surface area contributed by atoms with Crippen LogP contribution in [0.2, 0.25) is 0 Å². The van der Waals surface area contributed by atoms with Gasteiger partial charge in [-0.2, -0.15) is 0 Å². The fraction of sp³-hybridized carbons (Fsp3) is 0.0333. The van der Waals surface area contributed by atoms with Crippen LogP contribution in [0.1, 0.15) is 44.5 Å². The highest BCUT2D eigenvalue weighted by atomic mass is 14.9. The maximum Gasteiger partial charge on any atom is 0.160 e. The van der Waals surface area contributed by atoms with E-state index in [9.17, 15) is 0 Å². The zero-order valence-electron chi connectivity index (χ0n) is 34.0. The molecule has 2 aliphatic carbocycles.